The van der Waals surface area contributed by atoms with Crippen molar-refractivity contribution in [1.29, 1.82) is 0 Å². The standard InChI is InChI=1S/C13H21N3O.C2H6/c1-11(17)8-16(4)10-13-7-5-6-12(14-13)9-15(2)3;1-2/h5-7H,8-10H2,1-4H3;1-2H3. The van der Waals surface area contributed by atoms with E-state index in [0.29, 0.717) is 13.1 Å². The maximum absolute atomic E-state index is 11.0. The third-order valence-corrected chi connectivity index (χ3v) is 2.27. The normalized spacial score (nSPS) is 10.3. The second-order valence-electron chi connectivity index (χ2n) is 4.73. The van der Waals surface area contributed by atoms with Gasteiger partial charge in [0.05, 0.1) is 17.9 Å². The van der Waals surface area contributed by atoms with Crippen LogP contribution in [0.15, 0.2) is 18.2 Å². The van der Waals surface area contributed by atoms with Crippen LogP contribution in [-0.4, -0.2) is 48.3 Å². The predicted octanol–water partition coefficient (Wildman–Crippen LogP) is 2.19. The number of aromatic nitrogens is 1. The van der Waals surface area contributed by atoms with Crippen molar-refractivity contribution in [2.45, 2.75) is 33.9 Å². The Kier molecular flexibility index (Phi) is 9.00. The van der Waals surface area contributed by atoms with Crippen LogP contribution in [-0.2, 0) is 17.9 Å². The number of ketones is 1. The zero-order valence-corrected chi connectivity index (χ0v) is 13.1. The highest BCUT2D eigenvalue weighted by Gasteiger charge is 2.05. The number of Topliss-reactive ketones (excluding diaryl/α,β-unsaturated/α-hetero) is 1. The molecule has 1 heterocycles. The fourth-order valence-electron chi connectivity index (χ4n) is 1.74. The molecule has 1 aromatic heterocycles. The van der Waals surface area contributed by atoms with Crippen LogP contribution in [0.4, 0.5) is 0 Å². The van der Waals surface area contributed by atoms with Crippen molar-refractivity contribution in [1.82, 2.24) is 14.8 Å². The number of nitrogens with zero attached hydrogens (tertiary/aromatic N) is 3. The Labute approximate surface area is 117 Å². The molecule has 0 saturated carbocycles. The van der Waals surface area contributed by atoms with E-state index in [1.807, 2.05) is 58.1 Å². The van der Waals surface area contributed by atoms with Gasteiger partial charge in [-0.1, -0.05) is 19.9 Å². The van der Waals surface area contributed by atoms with E-state index in [1.165, 1.54) is 0 Å². The zero-order chi connectivity index (χ0) is 14.8. The lowest BCUT2D eigenvalue weighted by molar-refractivity contribution is -0.117. The average Bonchev–Trinajstić information content (AvgIpc) is 2.29. The fourth-order valence-corrected chi connectivity index (χ4v) is 1.74. The topological polar surface area (TPSA) is 36.4 Å². The molecule has 0 aromatic carbocycles. The SMILES string of the molecule is CC.CC(=O)CN(C)Cc1cccc(CN(C)C)n1. The molecule has 0 radical (unpaired) electrons. The summed E-state index contributed by atoms with van der Waals surface area (Å²) in [5.41, 5.74) is 2.07. The minimum Gasteiger partial charge on any atom is -0.304 e. The van der Waals surface area contributed by atoms with Crippen molar-refractivity contribution in [3.05, 3.63) is 29.6 Å². The van der Waals surface area contributed by atoms with Crippen LogP contribution in [0.5, 0.6) is 0 Å². The molecule has 0 bridgehead atoms. The van der Waals surface area contributed by atoms with Crippen LogP contribution in [0.3, 0.4) is 0 Å². The molecular formula is C15H27N3O. The van der Waals surface area contributed by atoms with Crippen molar-refractivity contribution >= 4 is 5.78 Å². The van der Waals surface area contributed by atoms with Gasteiger partial charge in [-0.05, 0) is 40.2 Å². The van der Waals surface area contributed by atoms with Crippen LogP contribution in [0, 0.1) is 0 Å². The number of rotatable bonds is 6. The molecule has 1 aromatic rings. The molecule has 0 aliphatic carbocycles. The van der Waals surface area contributed by atoms with E-state index in [1.54, 1.807) is 6.92 Å². The third-order valence-electron chi connectivity index (χ3n) is 2.27. The van der Waals surface area contributed by atoms with Gasteiger partial charge >= 0.3 is 0 Å². The van der Waals surface area contributed by atoms with Crippen LogP contribution in [0.2, 0.25) is 0 Å². The summed E-state index contributed by atoms with van der Waals surface area (Å²) in [6, 6.07) is 6.03. The summed E-state index contributed by atoms with van der Waals surface area (Å²) in [4.78, 5) is 19.6. The summed E-state index contributed by atoms with van der Waals surface area (Å²) < 4.78 is 0. The van der Waals surface area contributed by atoms with Crippen molar-refractivity contribution in [3.63, 3.8) is 0 Å². The highest BCUT2D eigenvalue weighted by Crippen LogP contribution is 2.04. The molecule has 4 nitrogen and oxygen atoms in total. The van der Waals surface area contributed by atoms with Gasteiger partial charge in [0, 0.05) is 13.1 Å². The minimum atomic E-state index is 0.178. The second-order valence-corrected chi connectivity index (χ2v) is 4.73. The summed E-state index contributed by atoms with van der Waals surface area (Å²) in [5.74, 6) is 0.178. The van der Waals surface area contributed by atoms with Crippen LogP contribution in [0.25, 0.3) is 0 Å². The molecule has 0 fully saturated rings. The Bertz CT molecular complexity index is 377. The van der Waals surface area contributed by atoms with Crippen molar-refractivity contribution in [3.8, 4) is 0 Å². The fraction of sp³-hybridized carbons (Fsp3) is 0.600. The van der Waals surface area contributed by atoms with Gasteiger partial charge in [-0.15, -0.1) is 0 Å². The van der Waals surface area contributed by atoms with Crippen molar-refractivity contribution < 1.29 is 4.79 Å². The predicted molar refractivity (Wildman–Crippen MR) is 80.0 cm³/mol. The number of hydrogen-bond donors (Lipinski definition) is 0. The maximum atomic E-state index is 11.0. The molecule has 0 aliphatic heterocycles. The van der Waals surface area contributed by atoms with Gasteiger partial charge in [0.1, 0.15) is 5.78 Å². The van der Waals surface area contributed by atoms with Gasteiger partial charge < -0.3 is 4.90 Å². The summed E-state index contributed by atoms with van der Waals surface area (Å²) in [6.07, 6.45) is 0. The number of likely N-dealkylation sites (N-methyl/N-ethyl adjacent to an activating group) is 1. The van der Waals surface area contributed by atoms with E-state index in [4.69, 9.17) is 0 Å². The number of carbonyl (C=O) groups is 1. The quantitative estimate of drug-likeness (QED) is 0.790. The molecule has 4 heteroatoms. The largest absolute Gasteiger partial charge is 0.304 e. The minimum absolute atomic E-state index is 0.178. The van der Waals surface area contributed by atoms with Gasteiger partial charge in [0.25, 0.3) is 0 Å². The van der Waals surface area contributed by atoms with Crippen LogP contribution in [0.1, 0.15) is 32.2 Å². The van der Waals surface area contributed by atoms with Crippen LogP contribution < -0.4 is 0 Å². The molecular weight excluding hydrogens is 238 g/mol. The van der Waals surface area contributed by atoms with E-state index in [2.05, 4.69) is 9.88 Å². The first-order valence-corrected chi connectivity index (χ1v) is 6.75. The lowest BCUT2D eigenvalue weighted by Crippen LogP contribution is -2.24. The molecule has 0 N–H and O–H groups in total. The summed E-state index contributed by atoms with van der Waals surface area (Å²) >= 11 is 0. The zero-order valence-electron chi connectivity index (χ0n) is 13.1. The summed E-state index contributed by atoms with van der Waals surface area (Å²) in [5, 5.41) is 0. The van der Waals surface area contributed by atoms with Crippen LogP contribution >= 0.6 is 0 Å². The summed E-state index contributed by atoms with van der Waals surface area (Å²) in [6.45, 7) is 7.62. The Balaban J connectivity index is 0.00000154. The average molecular weight is 265 g/mol. The van der Waals surface area contributed by atoms with Crippen molar-refractivity contribution in [2.75, 3.05) is 27.7 Å². The monoisotopic (exact) mass is 265 g/mol. The number of hydrogen-bond acceptors (Lipinski definition) is 4. The molecule has 0 amide bonds. The molecule has 108 valence electrons. The first-order chi connectivity index (χ1) is 8.97. The Morgan fingerprint density at radius 2 is 1.63 bits per heavy atom. The van der Waals surface area contributed by atoms with Crippen molar-refractivity contribution in [2.24, 2.45) is 0 Å². The molecule has 0 aliphatic rings. The Morgan fingerprint density at radius 3 is 2.11 bits per heavy atom. The number of pyridine rings is 1. The third kappa shape index (κ3) is 8.46. The first-order valence-electron chi connectivity index (χ1n) is 6.75. The highest BCUT2D eigenvalue weighted by atomic mass is 16.1. The van der Waals surface area contributed by atoms with Gasteiger partial charge in [-0.2, -0.15) is 0 Å². The van der Waals surface area contributed by atoms with Gasteiger partial charge in [-0.3, -0.25) is 14.7 Å². The summed E-state index contributed by atoms with van der Waals surface area (Å²) in [7, 11) is 5.98. The van der Waals surface area contributed by atoms with Gasteiger partial charge in [0.2, 0.25) is 0 Å². The smallest absolute Gasteiger partial charge is 0.143 e. The molecule has 0 spiro atoms. The Morgan fingerprint density at radius 1 is 1.11 bits per heavy atom. The number of carbonyl (C=O) groups excluding carboxylic acids is 1. The van der Waals surface area contributed by atoms with E-state index in [0.717, 1.165) is 17.9 Å². The molecule has 19 heavy (non-hydrogen) atoms. The Hall–Kier alpha value is -1.26. The molecule has 1 rings (SSSR count). The van der Waals surface area contributed by atoms with Gasteiger partial charge in [-0.25, -0.2) is 0 Å². The van der Waals surface area contributed by atoms with E-state index >= 15 is 0 Å². The highest BCUT2D eigenvalue weighted by molar-refractivity contribution is 5.77. The van der Waals surface area contributed by atoms with E-state index in [9.17, 15) is 4.79 Å². The molecule has 0 atom stereocenters. The van der Waals surface area contributed by atoms with E-state index < -0.39 is 0 Å². The van der Waals surface area contributed by atoms with Gasteiger partial charge in [0.15, 0.2) is 0 Å². The lowest BCUT2D eigenvalue weighted by atomic mass is 10.2. The second kappa shape index (κ2) is 9.64. The molecule has 0 saturated heterocycles. The first kappa shape index (κ1) is 17.7. The maximum Gasteiger partial charge on any atom is 0.143 e. The lowest BCUT2D eigenvalue weighted by Gasteiger charge is -2.15. The molecule has 0 unspecified atom stereocenters. The van der Waals surface area contributed by atoms with E-state index in [-0.39, 0.29) is 5.78 Å².